The van der Waals surface area contributed by atoms with Gasteiger partial charge in [0.05, 0.1) is 0 Å². The van der Waals surface area contributed by atoms with Gasteiger partial charge in [0, 0.05) is 0 Å². The fourth-order valence-electron chi connectivity index (χ4n) is 4.48. The van der Waals surface area contributed by atoms with Crippen LogP contribution in [0, 0.1) is 35.5 Å². The van der Waals surface area contributed by atoms with Crippen LogP contribution in [0.25, 0.3) is 0 Å². The minimum atomic E-state index is -0.609. The summed E-state index contributed by atoms with van der Waals surface area (Å²) in [7, 11) is 0. The summed E-state index contributed by atoms with van der Waals surface area (Å²) in [5.41, 5.74) is 0. The van der Waals surface area contributed by atoms with E-state index in [1.807, 2.05) is 0 Å². The Labute approximate surface area is 113 Å². The summed E-state index contributed by atoms with van der Waals surface area (Å²) in [5.74, 6) is 4.54. The SMILES string of the molecule is CCC1CC(C(C)F)C(C)C1CCCC1CC1C. The van der Waals surface area contributed by atoms with Crippen LogP contribution in [0.15, 0.2) is 0 Å². The molecule has 0 aromatic heterocycles. The van der Waals surface area contributed by atoms with Gasteiger partial charge in [0.2, 0.25) is 0 Å². The summed E-state index contributed by atoms with van der Waals surface area (Å²) in [4.78, 5) is 0. The van der Waals surface area contributed by atoms with Crippen LogP contribution in [0.1, 0.15) is 66.2 Å². The van der Waals surface area contributed by atoms with E-state index in [2.05, 4.69) is 20.8 Å². The summed E-state index contributed by atoms with van der Waals surface area (Å²) in [6.45, 7) is 8.74. The molecule has 0 N–H and O–H groups in total. The van der Waals surface area contributed by atoms with Crippen molar-refractivity contribution in [2.24, 2.45) is 35.5 Å². The van der Waals surface area contributed by atoms with Crippen LogP contribution in [0.3, 0.4) is 0 Å². The van der Waals surface area contributed by atoms with E-state index in [4.69, 9.17) is 0 Å². The van der Waals surface area contributed by atoms with Crippen molar-refractivity contribution < 1.29 is 4.39 Å². The molecule has 2 aliphatic carbocycles. The van der Waals surface area contributed by atoms with Crippen molar-refractivity contribution >= 4 is 0 Å². The lowest BCUT2D eigenvalue weighted by Crippen LogP contribution is -2.19. The molecular formula is C17H31F. The minimum Gasteiger partial charge on any atom is -0.247 e. The first-order valence-electron chi connectivity index (χ1n) is 8.18. The van der Waals surface area contributed by atoms with Gasteiger partial charge in [-0.1, -0.05) is 40.0 Å². The zero-order valence-electron chi connectivity index (χ0n) is 12.7. The second-order valence-electron chi connectivity index (χ2n) is 7.17. The monoisotopic (exact) mass is 254 g/mol. The average Bonchev–Trinajstić information content (AvgIpc) is 2.92. The van der Waals surface area contributed by atoms with Gasteiger partial charge in [0.15, 0.2) is 0 Å². The highest BCUT2D eigenvalue weighted by molar-refractivity contribution is 4.91. The van der Waals surface area contributed by atoms with Gasteiger partial charge in [-0.05, 0) is 61.7 Å². The van der Waals surface area contributed by atoms with Crippen LogP contribution in [-0.4, -0.2) is 6.17 Å². The summed E-state index contributed by atoms with van der Waals surface area (Å²) >= 11 is 0. The van der Waals surface area contributed by atoms with Crippen LogP contribution in [0.5, 0.6) is 0 Å². The maximum atomic E-state index is 13.7. The van der Waals surface area contributed by atoms with Crippen LogP contribution in [-0.2, 0) is 0 Å². The number of hydrogen-bond donors (Lipinski definition) is 0. The predicted octanol–water partition coefficient (Wildman–Crippen LogP) is 5.47. The van der Waals surface area contributed by atoms with Crippen LogP contribution in [0.4, 0.5) is 4.39 Å². The quantitative estimate of drug-likeness (QED) is 0.589. The smallest absolute Gasteiger partial charge is 0.100 e. The van der Waals surface area contributed by atoms with E-state index in [0.29, 0.717) is 11.8 Å². The van der Waals surface area contributed by atoms with E-state index in [-0.39, 0.29) is 0 Å². The molecular weight excluding hydrogens is 223 g/mol. The Kier molecular flexibility index (Phi) is 4.72. The highest BCUT2D eigenvalue weighted by atomic mass is 19.1. The molecule has 106 valence electrons. The summed E-state index contributed by atoms with van der Waals surface area (Å²) in [5, 5.41) is 0. The van der Waals surface area contributed by atoms with Crippen molar-refractivity contribution in [3.05, 3.63) is 0 Å². The molecule has 0 saturated heterocycles. The van der Waals surface area contributed by atoms with Gasteiger partial charge in [-0.25, -0.2) is 4.39 Å². The molecule has 0 aromatic carbocycles. The Bertz CT molecular complexity index is 260. The molecule has 7 unspecified atom stereocenters. The van der Waals surface area contributed by atoms with Gasteiger partial charge < -0.3 is 0 Å². The van der Waals surface area contributed by atoms with Crippen LogP contribution < -0.4 is 0 Å². The minimum absolute atomic E-state index is 0.333. The maximum Gasteiger partial charge on any atom is 0.100 e. The third kappa shape index (κ3) is 3.08. The molecule has 0 radical (unpaired) electrons. The molecule has 2 saturated carbocycles. The molecule has 2 aliphatic rings. The Hall–Kier alpha value is -0.0700. The Morgan fingerprint density at radius 1 is 1.11 bits per heavy atom. The van der Waals surface area contributed by atoms with E-state index in [1.54, 1.807) is 6.92 Å². The summed E-state index contributed by atoms with van der Waals surface area (Å²) < 4.78 is 13.7. The molecule has 2 fully saturated rings. The molecule has 0 aromatic rings. The molecule has 1 heteroatoms. The fraction of sp³-hybridized carbons (Fsp3) is 1.00. The van der Waals surface area contributed by atoms with E-state index in [9.17, 15) is 4.39 Å². The van der Waals surface area contributed by atoms with Crippen molar-refractivity contribution in [3.63, 3.8) is 0 Å². The Morgan fingerprint density at radius 2 is 1.78 bits per heavy atom. The number of halogens is 1. The molecule has 0 heterocycles. The Morgan fingerprint density at radius 3 is 2.28 bits per heavy atom. The zero-order chi connectivity index (χ0) is 13.3. The first-order chi connectivity index (χ1) is 8.54. The molecule has 0 amide bonds. The van der Waals surface area contributed by atoms with Crippen LogP contribution in [0.2, 0.25) is 0 Å². The first kappa shape index (κ1) is 14.3. The van der Waals surface area contributed by atoms with E-state index >= 15 is 0 Å². The number of hydrogen-bond acceptors (Lipinski definition) is 0. The van der Waals surface area contributed by atoms with Crippen molar-refractivity contribution in [2.75, 3.05) is 0 Å². The molecule has 0 nitrogen and oxygen atoms in total. The molecule has 7 atom stereocenters. The lowest BCUT2D eigenvalue weighted by molar-refractivity contribution is 0.190. The van der Waals surface area contributed by atoms with Gasteiger partial charge in [-0.15, -0.1) is 0 Å². The fourth-order valence-corrected chi connectivity index (χ4v) is 4.48. The lowest BCUT2D eigenvalue weighted by atomic mass is 9.82. The van der Waals surface area contributed by atoms with Crippen LogP contribution >= 0.6 is 0 Å². The lowest BCUT2D eigenvalue weighted by Gasteiger charge is -2.23. The van der Waals surface area contributed by atoms with E-state index < -0.39 is 6.17 Å². The highest BCUT2D eigenvalue weighted by Crippen LogP contribution is 2.48. The van der Waals surface area contributed by atoms with Crippen molar-refractivity contribution in [1.82, 2.24) is 0 Å². The maximum absolute atomic E-state index is 13.7. The number of rotatable bonds is 6. The third-order valence-corrected chi connectivity index (χ3v) is 6.03. The number of alkyl halides is 1. The normalized spacial score (nSPS) is 45.2. The first-order valence-corrected chi connectivity index (χ1v) is 8.18. The van der Waals surface area contributed by atoms with E-state index in [0.717, 1.165) is 30.1 Å². The van der Waals surface area contributed by atoms with Gasteiger partial charge in [0.1, 0.15) is 6.17 Å². The molecule has 0 bridgehead atoms. The standard InChI is InChI=1S/C17H31F/c1-5-14-10-17(13(4)18)12(3)16(14)8-6-7-15-9-11(15)2/h11-17H,5-10H2,1-4H3. The largest absolute Gasteiger partial charge is 0.247 e. The van der Waals surface area contributed by atoms with E-state index in [1.165, 1.54) is 32.1 Å². The van der Waals surface area contributed by atoms with Crippen molar-refractivity contribution in [2.45, 2.75) is 72.4 Å². The van der Waals surface area contributed by atoms with Crippen molar-refractivity contribution in [3.8, 4) is 0 Å². The summed E-state index contributed by atoms with van der Waals surface area (Å²) in [6.07, 6.45) is 7.40. The van der Waals surface area contributed by atoms with Gasteiger partial charge in [0.25, 0.3) is 0 Å². The predicted molar refractivity (Wildman–Crippen MR) is 76.2 cm³/mol. The average molecular weight is 254 g/mol. The Balaban J connectivity index is 1.80. The second kappa shape index (κ2) is 5.92. The molecule has 0 spiro atoms. The van der Waals surface area contributed by atoms with Gasteiger partial charge >= 0.3 is 0 Å². The molecule has 2 rings (SSSR count). The highest BCUT2D eigenvalue weighted by Gasteiger charge is 2.42. The van der Waals surface area contributed by atoms with Crippen molar-refractivity contribution in [1.29, 1.82) is 0 Å². The molecule has 0 aliphatic heterocycles. The van der Waals surface area contributed by atoms with Gasteiger partial charge in [-0.2, -0.15) is 0 Å². The molecule has 18 heavy (non-hydrogen) atoms. The summed E-state index contributed by atoms with van der Waals surface area (Å²) in [6, 6.07) is 0. The van der Waals surface area contributed by atoms with Gasteiger partial charge in [-0.3, -0.25) is 0 Å². The third-order valence-electron chi connectivity index (χ3n) is 6.03. The topological polar surface area (TPSA) is 0 Å². The second-order valence-corrected chi connectivity index (χ2v) is 7.17. The zero-order valence-corrected chi connectivity index (χ0v) is 12.7.